The number of aryl methyl sites for hydroxylation is 1. The van der Waals surface area contributed by atoms with E-state index in [2.05, 4.69) is 187 Å². The van der Waals surface area contributed by atoms with Gasteiger partial charge in [-0.3, -0.25) is 0 Å². The zero-order valence-electron chi connectivity index (χ0n) is 29.3. The van der Waals surface area contributed by atoms with Crippen LogP contribution in [0.4, 0.5) is 0 Å². The van der Waals surface area contributed by atoms with Crippen LogP contribution in [-0.4, -0.2) is 9.55 Å². The van der Waals surface area contributed by atoms with E-state index in [1.807, 2.05) is 0 Å². The first kappa shape index (κ1) is 29.9. The van der Waals surface area contributed by atoms with Gasteiger partial charge < -0.3 is 4.57 Å². The SMILES string of the molecule is CCn1c(-c2ccc(-c3ccc(-c4cccc5c6cccc7ccc8cccc(c9ccccc9c45)c8c76)c4ccccc34)cc2)nc2ccccc21. The summed E-state index contributed by atoms with van der Waals surface area (Å²) < 4.78 is 2.30. The molecule has 1 heterocycles. The van der Waals surface area contributed by atoms with Gasteiger partial charge in [0.25, 0.3) is 0 Å². The Morgan fingerprint density at radius 2 is 0.887 bits per heavy atom. The first-order valence-electron chi connectivity index (χ1n) is 18.5. The third-order valence-electron chi connectivity index (χ3n) is 11.4. The van der Waals surface area contributed by atoms with Crippen molar-refractivity contribution in [2.75, 3.05) is 0 Å². The molecular weight excluding hydrogens is 641 g/mol. The second-order valence-electron chi connectivity index (χ2n) is 14.1. The molecular formula is C51H34N2. The molecule has 1 aromatic heterocycles. The van der Waals surface area contributed by atoms with Crippen molar-refractivity contribution in [3.63, 3.8) is 0 Å². The largest absolute Gasteiger partial charge is 0.324 e. The van der Waals surface area contributed by atoms with Crippen LogP contribution in [0.5, 0.6) is 0 Å². The highest BCUT2D eigenvalue weighted by atomic mass is 15.1. The summed E-state index contributed by atoms with van der Waals surface area (Å²) in [7, 11) is 0. The molecule has 0 unspecified atom stereocenters. The van der Waals surface area contributed by atoms with Crippen molar-refractivity contribution in [3.8, 4) is 33.6 Å². The summed E-state index contributed by atoms with van der Waals surface area (Å²) in [6.07, 6.45) is 0. The van der Waals surface area contributed by atoms with E-state index >= 15 is 0 Å². The average molecular weight is 675 g/mol. The Kier molecular flexibility index (Phi) is 6.56. The van der Waals surface area contributed by atoms with Crippen molar-refractivity contribution in [1.29, 1.82) is 0 Å². The molecule has 0 aliphatic rings. The Balaban J connectivity index is 1.16. The minimum Gasteiger partial charge on any atom is -0.324 e. The predicted octanol–water partition coefficient (Wildman–Crippen LogP) is 14.0. The molecule has 0 radical (unpaired) electrons. The zero-order chi connectivity index (χ0) is 35.0. The van der Waals surface area contributed by atoms with Crippen molar-refractivity contribution in [1.82, 2.24) is 9.55 Å². The van der Waals surface area contributed by atoms with Gasteiger partial charge in [-0.1, -0.05) is 164 Å². The lowest BCUT2D eigenvalue weighted by molar-refractivity contribution is 0.796. The molecule has 0 fully saturated rings. The van der Waals surface area contributed by atoms with E-state index < -0.39 is 0 Å². The van der Waals surface area contributed by atoms with E-state index in [-0.39, 0.29) is 0 Å². The minimum absolute atomic E-state index is 0.870. The lowest BCUT2D eigenvalue weighted by Crippen LogP contribution is -1.97. The Morgan fingerprint density at radius 1 is 0.377 bits per heavy atom. The molecule has 0 saturated carbocycles. The summed E-state index contributed by atoms with van der Waals surface area (Å²) in [5, 5.41) is 15.3. The van der Waals surface area contributed by atoms with E-state index in [9.17, 15) is 0 Å². The van der Waals surface area contributed by atoms with Crippen molar-refractivity contribution in [3.05, 3.63) is 176 Å². The Hall–Kier alpha value is -6.77. The van der Waals surface area contributed by atoms with Gasteiger partial charge in [-0.15, -0.1) is 0 Å². The molecule has 0 spiro atoms. The van der Waals surface area contributed by atoms with Gasteiger partial charge in [-0.05, 0) is 106 Å². The molecule has 0 N–H and O–H groups in total. The number of hydrogen-bond donors (Lipinski definition) is 0. The van der Waals surface area contributed by atoms with Crippen LogP contribution in [-0.2, 0) is 6.54 Å². The van der Waals surface area contributed by atoms with E-state index in [0.29, 0.717) is 0 Å². The number of nitrogens with zero attached hydrogens (tertiary/aromatic N) is 2. The maximum Gasteiger partial charge on any atom is 0.141 e. The number of aromatic nitrogens is 2. The molecule has 248 valence electrons. The van der Waals surface area contributed by atoms with Crippen LogP contribution in [0, 0.1) is 0 Å². The smallest absolute Gasteiger partial charge is 0.141 e. The highest BCUT2D eigenvalue weighted by Gasteiger charge is 2.17. The van der Waals surface area contributed by atoms with Crippen LogP contribution in [0.25, 0.3) is 109 Å². The summed E-state index contributed by atoms with van der Waals surface area (Å²) in [5.74, 6) is 1.01. The maximum absolute atomic E-state index is 5.01. The quantitative estimate of drug-likeness (QED) is 0.170. The fourth-order valence-electron chi connectivity index (χ4n) is 9.03. The molecule has 2 nitrogen and oxygen atoms in total. The molecule has 0 amide bonds. The number of para-hydroxylation sites is 2. The second kappa shape index (κ2) is 11.6. The summed E-state index contributed by atoms with van der Waals surface area (Å²) in [4.78, 5) is 5.01. The van der Waals surface area contributed by atoms with Crippen LogP contribution < -0.4 is 0 Å². The molecule has 53 heavy (non-hydrogen) atoms. The van der Waals surface area contributed by atoms with Gasteiger partial charge in [0.1, 0.15) is 5.82 Å². The van der Waals surface area contributed by atoms with Crippen molar-refractivity contribution < 1.29 is 0 Å². The van der Waals surface area contributed by atoms with Gasteiger partial charge >= 0.3 is 0 Å². The Morgan fingerprint density at radius 3 is 1.60 bits per heavy atom. The minimum atomic E-state index is 0.870. The first-order chi connectivity index (χ1) is 26.3. The highest BCUT2D eigenvalue weighted by Crippen LogP contribution is 2.45. The highest BCUT2D eigenvalue weighted by molar-refractivity contribution is 6.34. The van der Waals surface area contributed by atoms with Crippen molar-refractivity contribution in [2.24, 2.45) is 0 Å². The van der Waals surface area contributed by atoms with Gasteiger partial charge in [-0.25, -0.2) is 4.98 Å². The normalized spacial score (nSPS) is 11.9. The first-order valence-corrected chi connectivity index (χ1v) is 18.5. The van der Waals surface area contributed by atoms with E-state index in [1.54, 1.807) is 0 Å². The molecule has 0 saturated heterocycles. The number of fused-ring (bicyclic) bond motifs is 7. The Bertz CT molecular complexity index is 3260. The van der Waals surface area contributed by atoms with Gasteiger partial charge in [0, 0.05) is 12.1 Å². The summed E-state index contributed by atoms with van der Waals surface area (Å²) >= 11 is 0. The maximum atomic E-state index is 5.01. The topological polar surface area (TPSA) is 17.8 Å². The average Bonchev–Trinajstić information content (AvgIpc) is 3.61. The lowest BCUT2D eigenvalue weighted by atomic mass is 9.86. The van der Waals surface area contributed by atoms with E-state index in [4.69, 9.17) is 4.98 Å². The second-order valence-corrected chi connectivity index (χ2v) is 14.1. The molecule has 11 rings (SSSR count). The molecule has 0 bridgehead atoms. The third-order valence-corrected chi connectivity index (χ3v) is 11.4. The number of rotatable bonds is 4. The standard InChI is InChI=1S/C51H34N2/c1-2-53-47-23-8-7-22-46(47)52-51(53)35-28-24-32(25-29-35)36-30-31-40(38-15-4-3-14-37(36)38)43-20-11-21-45-44-19-10-13-34-27-26-33-12-9-18-41(48(33)49(34)44)39-16-5-6-17-42(39)50(43)45/h3-31H,2H2,1H3. The molecule has 2 heteroatoms. The summed E-state index contributed by atoms with van der Waals surface area (Å²) in [5.41, 5.74) is 8.24. The van der Waals surface area contributed by atoms with Crippen LogP contribution in [0.15, 0.2) is 176 Å². The Labute approximate surface area is 307 Å². The zero-order valence-corrected chi connectivity index (χ0v) is 29.3. The van der Waals surface area contributed by atoms with Gasteiger partial charge in [0.2, 0.25) is 0 Å². The third kappa shape index (κ3) is 4.42. The van der Waals surface area contributed by atoms with E-state index in [1.165, 1.54) is 92.4 Å². The van der Waals surface area contributed by atoms with Gasteiger partial charge in [0.05, 0.1) is 11.0 Å². The number of hydrogen-bond acceptors (Lipinski definition) is 1. The summed E-state index contributed by atoms with van der Waals surface area (Å²) in [6.45, 7) is 3.06. The molecule has 11 aromatic rings. The summed E-state index contributed by atoms with van der Waals surface area (Å²) in [6, 6.07) is 64.9. The predicted molar refractivity (Wildman–Crippen MR) is 227 cm³/mol. The van der Waals surface area contributed by atoms with Crippen molar-refractivity contribution in [2.45, 2.75) is 13.5 Å². The van der Waals surface area contributed by atoms with Crippen LogP contribution in [0.1, 0.15) is 6.92 Å². The van der Waals surface area contributed by atoms with E-state index in [0.717, 1.165) is 23.4 Å². The van der Waals surface area contributed by atoms with Crippen LogP contribution >= 0.6 is 0 Å². The fourth-order valence-corrected chi connectivity index (χ4v) is 9.03. The van der Waals surface area contributed by atoms with Gasteiger partial charge in [0.15, 0.2) is 0 Å². The molecule has 10 aromatic carbocycles. The molecule has 0 atom stereocenters. The molecule has 0 aliphatic heterocycles. The van der Waals surface area contributed by atoms with Crippen LogP contribution in [0.3, 0.4) is 0 Å². The monoisotopic (exact) mass is 674 g/mol. The number of imidazole rings is 1. The lowest BCUT2D eigenvalue weighted by Gasteiger charge is -2.17. The van der Waals surface area contributed by atoms with Crippen LogP contribution in [0.2, 0.25) is 0 Å². The van der Waals surface area contributed by atoms with Gasteiger partial charge in [-0.2, -0.15) is 0 Å². The molecule has 0 aliphatic carbocycles. The fraction of sp³-hybridized carbons (Fsp3) is 0.0392. The number of benzene rings is 9. The van der Waals surface area contributed by atoms with Crippen molar-refractivity contribution >= 4 is 75.7 Å².